The van der Waals surface area contributed by atoms with E-state index in [1.807, 2.05) is 6.92 Å². The quantitative estimate of drug-likeness (QED) is 0.731. The lowest BCUT2D eigenvalue weighted by Gasteiger charge is -2.15. The summed E-state index contributed by atoms with van der Waals surface area (Å²) in [5.74, 6) is 0. The van der Waals surface area contributed by atoms with Crippen LogP contribution in [-0.2, 0) is 14.8 Å². The summed E-state index contributed by atoms with van der Waals surface area (Å²) in [7, 11) is -1.94. The molecule has 0 radical (unpaired) electrons. The van der Waals surface area contributed by atoms with Crippen LogP contribution < -0.4 is 0 Å². The highest BCUT2D eigenvalue weighted by atomic mass is 79.9. The van der Waals surface area contributed by atoms with Crippen molar-refractivity contribution in [2.24, 2.45) is 0 Å². The van der Waals surface area contributed by atoms with Crippen LogP contribution in [0.3, 0.4) is 0 Å². The molecule has 0 fully saturated rings. The third kappa shape index (κ3) is 3.90. The van der Waals surface area contributed by atoms with E-state index in [2.05, 4.69) is 15.9 Å². The standard InChI is InChI=1S/C9H13BrClNO3S2/c1-3-15-5-4-12(2)17(13,14)8-6-7(11)9(10)16-8/h6H,3-5H2,1-2H3. The van der Waals surface area contributed by atoms with Crippen LogP contribution in [0.2, 0.25) is 5.02 Å². The summed E-state index contributed by atoms with van der Waals surface area (Å²) in [6.07, 6.45) is 0. The van der Waals surface area contributed by atoms with Crippen LogP contribution in [0.15, 0.2) is 14.1 Å². The second-order valence-electron chi connectivity index (χ2n) is 3.21. The Bertz CT molecular complexity index is 455. The van der Waals surface area contributed by atoms with E-state index in [-0.39, 0.29) is 4.21 Å². The van der Waals surface area contributed by atoms with Gasteiger partial charge in [-0.05, 0) is 28.9 Å². The molecular weight excluding hydrogens is 350 g/mol. The molecule has 0 aliphatic carbocycles. The molecule has 1 aromatic heterocycles. The van der Waals surface area contributed by atoms with Gasteiger partial charge >= 0.3 is 0 Å². The van der Waals surface area contributed by atoms with Gasteiger partial charge < -0.3 is 4.74 Å². The Kier molecular flexibility index (Phi) is 5.88. The predicted octanol–water partition coefficient (Wildman–Crippen LogP) is 2.82. The van der Waals surface area contributed by atoms with Gasteiger partial charge in [0.1, 0.15) is 4.21 Å². The molecule has 0 saturated carbocycles. The summed E-state index contributed by atoms with van der Waals surface area (Å²) in [6, 6.07) is 1.45. The van der Waals surface area contributed by atoms with Crippen molar-refractivity contribution in [3.8, 4) is 0 Å². The Hall–Kier alpha value is 0.340. The summed E-state index contributed by atoms with van der Waals surface area (Å²) in [4.78, 5) is 0. The van der Waals surface area contributed by atoms with Crippen LogP contribution in [0, 0.1) is 0 Å². The molecule has 8 heteroatoms. The molecule has 1 heterocycles. The normalized spacial score (nSPS) is 12.3. The molecule has 0 aliphatic heterocycles. The van der Waals surface area contributed by atoms with E-state index in [0.717, 1.165) is 11.3 Å². The van der Waals surface area contributed by atoms with E-state index >= 15 is 0 Å². The molecule has 0 spiro atoms. The Labute approximate surface area is 119 Å². The van der Waals surface area contributed by atoms with E-state index in [1.165, 1.54) is 17.4 Å². The number of hydrogen-bond acceptors (Lipinski definition) is 4. The number of thiophene rings is 1. The Morgan fingerprint density at radius 3 is 2.71 bits per heavy atom. The van der Waals surface area contributed by atoms with E-state index < -0.39 is 10.0 Å². The van der Waals surface area contributed by atoms with Crippen LogP contribution >= 0.6 is 38.9 Å². The van der Waals surface area contributed by atoms with Gasteiger partial charge in [-0.25, -0.2) is 8.42 Å². The molecule has 0 atom stereocenters. The van der Waals surface area contributed by atoms with Crippen LogP contribution in [0.1, 0.15) is 6.92 Å². The van der Waals surface area contributed by atoms with E-state index in [9.17, 15) is 8.42 Å². The van der Waals surface area contributed by atoms with Crippen molar-refractivity contribution in [1.82, 2.24) is 4.31 Å². The lowest BCUT2D eigenvalue weighted by molar-refractivity contribution is 0.138. The molecule has 17 heavy (non-hydrogen) atoms. The highest BCUT2D eigenvalue weighted by Gasteiger charge is 2.23. The summed E-state index contributed by atoms with van der Waals surface area (Å²) < 4.78 is 31.4. The minimum Gasteiger partial charge on any atom is -0.380 e. The number of rotatable bonds is 6. The molecule has 0 N–H and O–H groups in total. The molecule has 1 rings (SSSR count). The minimum absolute atomic E-state index is 0.230. The minimum atomic E-state index is -3.46. The van der Waals surface area contributed by atoms with Gasteiger partial charge in [0.25, 0.3) is 10.0 Å². The van der Waals surface area contributed by atoms with Crippen LogP contribution in [0.25, 0.3) is 0 Å². The van der Waals surface area contributed by atoms with Gasteiger partial charge in [-0.15, -0.1) is 11.3 Å². The molecular formula is C9H13BrClNO3S2. The fourth-order valence-corrected chi connectivity index (χ4v) is 4.83. The molecule has 0 aromatic carbocycles. The number of nitrogens with zero attached hydrogens (tertiary/aromatic N) is 1. The fraction of sp³-hybridized carbons (Fsp3) is 0.556. The summed E-state index contributed by atoms with van der Waals surface area (Å²) in [5, 5.41) is 0.409. The largest absolute Gasteiger partial charge is 0.380 e. The monoisotopic (exact) mass is 361 g/mol. The zero-order valence-corrected chi connectivity index (χ0v) is 13.4. The van der Waals surface area contributed by atoms with E-state index in [1.54, 1.807) is 0 Å². The maximum Gasteiger partial charge on any atom is 0.252 e. The third-order valence-electron chi connectivity index (χ3n) is 2.04. The zero-order valence-electron chi connectivity index (χ0n) is 9.44. The summed E-state index contributed by atoms with van der Waals surface area (Å²) in [5.41, 5.74) is 0. The number of ether oxygens (including phenoxy) is 1. The van der Waals surface area contributed by atoms with Crippen molar-refractivity contribution in [2.75, 3.05) is 26.8 Å². The predicted molar refractivity (Wildman–Crippen MR) is 73.3 cm³/mol. The lowest BCUT2D eigenvalue weighted by atomic mass is 10.7. The third-order valence-corrected chi connectivity index (χ3v) is 6.82. The van der Waals surface area contributed by atoms with Crippen LogP contribution in [0.5, 0.6) is 0 Å². The highest BCUT2D eigenvalue weighted by molar-refractivity contribution is 9.11. The van der Waals surface area contributed by atoms with Crippen molar-refractivity contribution in [3.05, 3.63) is 14.9 Å². The van der Waals surface area contributed by atoms with Crippen molar-refractivity contribution >= 4 is 48.9 Å². The van der Waals surface area contributed by atoms with Crippen molar-refractivity contribution in [2.45, 2.75) is 11.1 Å². The first kappa shape index (κ1) is 15.4. The smallest absolute Gasteiger partial charge is 0.252 e. The second kappa shape index (κ2) is 6.49. The highest BCUT2D eigenvalue weighted by Crippen LogP contribution is 2.35. The van der Waals surface area contributed by atoms with Gasteiger partial charge in [0, 0.05) is 20.2 Å². The summed E-state index contributed by atoms with van der Waals surface area (Å²) in [6.45, 7) is 3.14. The van der Waals surface area contributed by atoms with Gasteiger partial charge in [0.05, 0.1) is 15.4 Å². The zero-order chi connectivity index (χ0) is 13.1. The first-order chi connectivity index (χ1) is 7.89. The van der Waals surface area contributed by atoms with Crippen molar-refractivity contribution < 1.29 is 13.2 Å². The Morgan fingerprint density at radius 2 is 2.24 bits per heavy atom. The average Bonchev–Trinajstić information content (AvgIpc) is 2.60. The molecule has 1 aromatic rings. The molecule has 0 aliphatic rings. The first-order valence-electron chi connectivity index (χ1n) is 4.88. The van der Waals surface area contributed by atoms with Gasteiger partial charge in [-0.2, -0.15) is 4.31 Å². The number of likely N-dealkylation sites (N-methyl/N-ethyl adjacent to an activating group) is 1. The van der Waals surface area contributed by atoms with Gasteiger partial charge in [-0.1, -0.05) is 11.6 Å². The Balaban J connectivity index is 2.80. The maximum absolute atomic E-state index is 12.1. The van der Waals surface area contributed by atoms with E-state index in [0.29, 0.717) is 28.6 Å². The van der Waals surface area contributed by atoms with Gasteiger partial charge in [-0.3, -0.25) is 0 Å². The van der Waals surface area contributed by atoms with Crippen LogP contribution in [-0.4, -0.2) is 39.5 Å². The fourth-order valence-electron chi connectivity index (χ4n) is 1.07. The van der Waals surface area contributed by atoms with E-state index in [4.69, 9.17) is 16.3 Å². The maximum atomic E-state index is 12.1. The lowest BCUT2D eigenvalue weighted by Crippen LogP contribution is -2.29. The van der Waals surface area contributed by atoms with Crippen molar-refractivity contribution in [3.63, 3.8) is 0 Å². The number of halogens is 2. The van der Waals surface area contributed by atoms with Crippen LogP contribution in [0.4, 0.5) is 0 Å². The first-order valence-corrected chi connectivity index (χ1v) is 8.31. The molecule has 98 valence electrons. The molecule has 4 nitrogen and oxygen atoms in total. The SMILES string of the molecule is CCOCCN(C)S(=O)(=O)c1cc(Cl)c(Br)s1. The topological polar surface area (TPSA) is 46.6 Å². The van der Waals surface area contributed by atoms with Crippen molar-refractivity contribution in [1.29, 1.82) is 0 Å². The Morgan fingerprint density at radius 1 is 1.59 bits per heavy atom. The van der Waals surface area contributed by atoms with Gasteiger partial charge in [0.2, 0.25) is 0 Å². The summed E-state index contributed by atoms with van der Waals surface area (Å²) >= 11 is 10.1. The second-order valence-corrected chi connectivity index (χ2v) is 8.26. The number of sulfonamides is 1. The molecule has 0 saturated heterocycles. The van der Waals surface area contributed by atoms with Gasteiger partial charge in [0.15, 0.2) is 0 Å². The molecule has 0 unspecified atom stereocenters. The number of hydrogen-bond donors (Lipinski definition) is 0. The molecule has 0 bridgehead atoms. The molecule has 0 amide bonds. The average molecular weight is 363 g/mol.